The quantitative estimate of drug-likeness (QED) is 0.140. The molecule has 68 heavy (non-hydrogen) atoms. The maximum absolute atomic E-state index is 3.26. The zero-order valence-corrected chi connectivity index (χ0v) is 35.5. The van der Waals surface area contributed by atoms with Crippen LogP contribution in [0.1, 0.15) is 36.1 Å². The van der Waals surface area contributed by atoms with Crippen molar-refractivity contribution in [1.29, 1.82) is 0 Å². The first-order valence-corrected chi connectivity index (χ1v) is 26.1. The molecule has 2 nitrogen and oxygen atoms in total. The summed E-state index contributed by atoms with van der Waals surface area (Å²) in [5.74, 6) is 0. The number of nitrogens with zero attached hydrogens (tertiary/aromatic N) is 2. The normalized spacial score (nSPS) is 28.1. The fourth-order valence-corrected chi connectivity index (χ4v) is 26.2. The standard InChI is InChI=1S/C66H12N2/c1-5-3-68-6(2)4-67(5)65-61-53-45-35-25-17-9-7-8-11-15-13(9)21-29-23(15)33-27-19(11)20-12(8)16-14-10(7)18(17)26-32-22(14)30-24(16)34-28(20)38-37(27)47-41(33)51-43(29)49(39(45)31(21)25)57(61)59(51)63-55(47)56-48(38)42(34)52-44(30)50-40(32)46(36(26)35)54(53)62(65)58(50)60(52)64(56)66(63,65)68/h5-6H,3-4H2,1-2H3/t5-,6-,65?,66?/m1/s1. The van der Waals surface area contributed by atoms with E-state index in [1.54, 1.807) is 313 Å². The summed E-state index contributed by atoms with van der Waals surface area (Å²) in [4.78, 5) is 6.51. The summed E-state index contributed by atoms with van der Waals surface area (Å²) in [6.45, 7) is 7.58. The molecule has 0 radical (unpaired) electrons. The van der Waals surface area contributed by atoms with Gasteiger partial charge in [-0.05, 0) is 327 Å². The van der Waals surface area contributed by atoms with E-state index in [1.165, 1.54) is 0 Å². The van der Waals surface area contributed by atoms with Crippen LogP contribution in [0.15, 0.2) is 0 Å². The van der Waals surface area contributed by atoms with E-state index < -0.39 is 0 Å². The number of hydrogen-bond acceptors (Lipinski definition) is 2. The molecular weight excluding hydrogens is 821 g/mol. The third-order valence-electron chi connectivity index (χ3n) is 26.1. The minimum absolute atomic E-state index is 0.289. The van der Waals surface area contributed by atoms with E-state index in [9.17, 15) is 0 Å². The summed E-state index contributed by atoms with van der Waals surface area (Å²) in [5, 5.41) is 91.2. The van der Waals surface area contributed by atoms with Gasteiger partial charge in [-0.25, -0.2) is 0 Å². The molecule has 4 aliphatic carbocycles. The molecule has 2 spiro atoms. The molecule has 7 aliphatic rings. The first-order valence-electron chi connectivity index (χ1n) is 26.1. The van der Waals surface area contributed by atoms with Crippen LogP contribution in [-0.2, 0) is 11.1 Å². The van der Waals surface area contributed by atoms with Crippen LogP contribution in [0, 0.1) is 0 Å². The van der Waals surface area contributed by atoms with Crippen molar-refractivity contribution in [3.8, 4) is 0 Å². The molecule has 3 fully saturated rings. The van der Waals surface area contributed by atoms with Crippen molar-refractivity contribution in [3.63, 3.8) is 0 Å². The zero-order valence-electron chi connectivity index (χ0n) is 35.5. The van der Waals surface area contributed by atoms with Crippen molar-refractivity contribution >= 4 is 291 Å². The van der Waals surface area contributed by atoms with Gasteiger partial charge in [0.15, 0.2) is 0 Å². The molecule has 28 aromatic rings. The molecule has 2 unspecified atom stereocenters. The second-order valence-electron chi connectivity index (χ2n) is 26.2. The Balaban J connectivity index is 1.23. The number of hydrogen-bond donors (Lipinski definition) is 0. The Morgan fingerprint density at radius 3 is 0.412 bits per heavy atom. The average molecular weight is 833 g/mol. The van der Waals surface area contributed by atoms with E-state index in [4.69, 9.17) is 0 Å². The van der Waals surface area contributed by atoms with Crippen molar-refractivity contribution in [2.75, 3.05) is 13.1 Å². The molecule has 4 atom stereocenters. The molecule has 286 valence electrons. The fraction of sp³-hybridized carbons (Fsp3) is 0.121. The number of benzene rings is 18. The van der Waals surface area contributed by atoms with E-state index in [0.717, 1.165) is 13.1 Å². The topological polar surface area (TPSA) is 6.48 Å². The van der Waals surface area contributed by atoms with Crippen LogP contribution in [0.5, 0.6) is 0 Å². The molecule has 3 aliphatic heterocycles. The van der Waals surface area contributed by atoms with Crippen LogP contribution in [0.2, 0.25) is 0 Å². The Morgan fingerprint density at radius 1 is 0.191 bits per heavy atom. The average Bonchev–Trinajstić information content (AvgIpc) is 4.23. The number of rotatable bonds is 0. The molecule has 0 amide bonds. The zero-order chi connectivity index (χ0) is 40.2. The highest BCUT2D eigenvalue weighted by Crippen LogP contribution is 2.86. The fourth-order valence-electron chi connectivity index (χ4n) is 26.2. The van der Waals surface area contributed by atoms with Crippen LogP contribution in [0.3, 0.4) is 0 Å². The van der Waals surface area contributed by atoms with Crippen molar-refractivity contribution in [3.05, 3.63) is 22.3 Å². The maximum atomic E-state index is 3.26. The predicted octanol–water partition coefficient (Wildman–Crippen LogP) is 16.6. The minimum atomic E-state index is -0.289. The molecule has 3 saturated heterocycles. The molecule has 2 bridgehead atoms. The van der Waals surface area contributed by atoms with Crippen molar-refractivity contribution in [2.45, 2.75) is 37.0 Å². The van der Waals surface area contributed by atoms with Gasteiger partial charge in [-0.15, -0.1) is 0 Å². The molecule has 3 heterocycles. The monoisotopic (exact) mass is 832 g/mol. The summed E-state index contributed by atoms with van der Waals surface area (Å²) < 4.78 is 0. The first kappa shape index (κ1) is 24.9. The Kier molecular flexibility index (Phi) is 2.01. The van der Waals surface area contributed by atoms with Crippen LogP contribution >= 0.6 is 0 Å². The molecule has 35 rings (SSSR count). The lowest BCUT2D eigenvalue weighted by atomic mass is 9.53. The molecular formula is C66H12N2. The second kappa shape index (κ2) is 5.47. The molecule has 2 heteroatoms. The van der Waals surface area contributed by atoms with Gasteiger partial charge in [0.1, 0.15) is 11.1 Å². The van der Waals surface area contributed by atoms with E-state index in [-0.39, 0.29) is 11.1 Å². The van der Waals surface area contributed by atoms with Gasteiger partial charge in [-0.2, -0.15) is 0 Å². The summed E-state index contributed by atoms with van der Waals surface area (Å²) in [6, 6.07) is 0.919. The van der Waals surface area contributed by atoms with Gasteiger partial charge in [0.05, 0.1) is 0 Å². The molecule has 0 N–H and O–H groups in total. The summed E-state index contributed by atoms with van der Waals surface area (Å²) in [6.07, 6.45) is 0. The van der Waals surface area contributed by atoms with Gasteiger partial charge < -0.3 is 0 Å². The predicted molar refractivity (Wildman–Crippen MR) is 286 cm³/mol. The lowest BCUT2D eigenvalue weighted by Gasteiger charge is -2.72. The summed E-state index contributed by atoms with van der Waals surface area (Å²) >= 11 is 0. The highest BCUT2D eigenvalue weighted by Gasteiger charge is 2.77. The summed E-state index contributed by atoms with van der Waals surface area (Å²) in [7, 11) is 0. The van der Waals surface area contributed by atoms with E-state index in [0.29, 0.717) is 12.1 Å². The Morgan fingerprint density at radius 2 is 0.294 bits per heavy atom. The molecule has 0 saturated carbocycles. The molecule has 0 aromatic heterocycles. The van der Waals surface area contributed by atoms with Gasteiger partial charge in [-0.3, -0.25) is 9.80 Å². The highest BCUT2D eigenvalue weighted by atomic mass is 15.5. The van der Waals surface area contributed by atoms with Crippen LogP contribution in [0.25, 0.3) is 291 Å². The Bertz CT molecular complexity index is 6560. The highest BCUT2D eigenvalue weighted by molar-refractivity contribution is 6.82. The largest absolute Gasteiger partial charge is 0.282 e. The lowest BCUT2D eigenvalue weighted by molar-refractivity contribution is -0.178. The Labute approximate surface area is 371 Å². The van der Waals surface area contributed by atoms with Gasteiger partial charge >= 0.3 is 0 Å². The Hall–Kier alpha value is -7.62. The van der Waals surface area contributed by atoms with Crippen LogP contribution in [-0.4, -0.2) is 35.0 Å². The maximum Gasteiger partial charge on any atom is 0.102 e. The first-order chi connectivity index (χ1) is 33.8. The van der Waals surface area contributed by atoms with Gasteiger partial charge in [0.25, 0.3) is 0 Å². The minimum Gasteiger partial charge on any atom is -0.282 e. The van der Waals surface area contributed by atoms with Crippen LogP contribution < -0.4 is 0 Å². The smallest absolute Gasteiger partial charge is 0.102 e. The third-order valence-corrected chi connectivity index (χ3v) is 26.1. The van der Waals surface area contributed by atoms with Gasteiger partial charge in [0, 0.05) is 25.2 Å². The van der Waals surface area contributed by atoms with Gasteiger partial charge in [-0.1, -0.05) is 0 Å². The SMILES string of the molecule is C[C@@H]1CN2[C@H](C)CN1C13c4c5c6c7c8c9c(c%10c%11c1c1c4c4c%12c5c5c6c6c8c8c%13c9c9c%10c%10c%11c%11c1c1c4c4c%12c%12c5c5c6c8c6c8c%13c9c9c%10c%10c%11c1c1c4c4c%12c5c6c5c8c9c%10c1c45)C723. The van der Waals surface area contributed by atoms with Crippen molar-refractivity contribution < 1.29 is 0 Å². The second-order valence-corrected chi connectivity index (χ2v) is 26.2. The number of piperazine rings is 3. The third kappa shape index (κ3) is 1.24. The van der Waals surface area contributed by atoms with Crippen molar-refractivity contribution in [2.24, 2.45) is 0 Å². The van der Waals surface area contributed by atoms with E-state index in [2.05, 4.69) is 23.6 Å². The molecule has 28 aromatic carbocycles. The van der Waals surface area contributed by atoms with E-state index in [1.807, 2.05) is 0 Å². The number of fused-ring (bicyclic) bond motifs is 2. The lowest BCUT2D eigenvalue weighted by Crippen LogP contribution is -2.82. The van der Waals surface area contributed by atoms with Gasteiger partial charge in [0.2, 0.25) is 0 Å². The van der Waals surface area contributed by atoms with Crippen molar-refractivity contribution in [1.82, 2.24) is 9.80 Å². The van der Waals surface area contributed by atoms with E-state index >= 15 is 0 Å². The van der Waals surface area contributed by atoms with Crippen LogP contribution in [0.4, 0.5) is 0 Å². The summed E-state index contributed by atoms with van der Waals surface area (Å²) in [5.41, 5.74) is 6.57.